The molecule has 0 aliphatic carbocycles. The van der Waals surface area contributed by atoms with Gasteiger partial charge in [0.15, 0.2) is 5.69 Å². The van der Waals surface area contributed by atoms with Gasteiger partial charge >= 0.3 is 0 Å². The van der Waals surface area contributed by atoms with Crippen molar-refractivity contribution >= 4 is 17.9 Å². The summed E-state index contributed by atoms with van der Waals surface area (Å²) in [5.41, 5.74) is 8.93. The van der Waals surface area contributed by atoms with Crippen molar-refractivity contribution in [1.29, 1.82) is 0 Å². The number of nitrogens with one attached hydrogen (secondary N) is 1. The number of nitrogens with zero attached hydrogens (tertiary/aromatic N) is 6. The van der Waals surface area contributed by atoms with Gasteiger partial charge in [-0.15, -0.1) is 5.10 Å². The van der Waals surface area contributed by atoms with E-state index < -0.39 is 5.91 Å². The highest BCUT2D eigenvalue weighted by atomic mass is 16.6. The number of nitrogen functional groups attached to an aromatic ring is 1. The second-order valence-electron chi connectivity index (χ2n) is 5.51. The maximum Gasteiger partial charge on any atom is 0.293 e. The van der Waals surface area contributed by atoms with Crippen molar-refractivity contribution in [3.63, 3.8) is 0 Å². The Morgan fingerprint density at radius 1 is 1.31 bits per heavy atom. The number of methoxy groups -OCH3 is 3. The molecule has 0 spiro atoms. The minimum atomic E-state index is -0.614. The standard InChI is InChI=1S/C16H18N8O5/c1-26-8-11-13(19-23-24(11)15-14(17)21-29-22-15)16(25)20-18-7-9-6-10(27-2)4-5-12(9)28-3/h4-7H,8H2,1-3H3,(H2,17,21)(H,20,25)/b18-7-. The minimum Gasteiger partial charge on any atom is -0.497 e. The van der Waals surface area contributed by atoms with Crippen LogP contribution in [-0.4, -0.2) is 58.8 Å². The molecule has 0 saturated carbocycles. The van der Waals surface area contributed by atoms with Crippen LogP contribution in [-0.2, 0) is 11.3 Å². The molecule has 0 fully saturated rings. The van der Waals surface area contributed by atoms with Crippen LogP contribution in [0.5, 0.6) is 11.5 Å². The number of hydrazone groups is 1. The highest BCUT2D eigenvalue weighted by Gasteiger charge is 2.23. The molecule has 13 heteroatoms. The van der Waals surface area contributed by atoms with Crippen LogP contribution in [0.2, 0.25) is 0 Å². The van der Waals surface area contributed by atoms with Gasteiger partial charge in [0, 0.05) is 12.7 Å². The fourth-order valence-electron chi connectivity index (χ4n) is 2.41. The van der Waals surface area contributed by atoms with E-state index in [1.165, 1.54) is 25.1 Å². The third-order valence-corrected chi connectivity index (χ3v) is 3.76. The highest BCUT2D eigenvalue weighted by Crippen LogP contribution is 2.22. The molecule has 3 N–H and O–H groups in total. The Kier molecular flexibility index (Phi) is 5.99. The van der Waals surface area contributed by atoms with Crippen molar-refractivity contribution in [3.8, 4) is 17.3 Å². The van der Waals surface area contributed by atoms with Gasteiger partial charge in [0.25, 0.3) is 5.91 Å². The third kappa shape index (κ3) is 4.14. The Morgan fingerprint density at radius 2 is 2.14 bits per heavy atom. The molecule has 0 aliphatic heterocycles. The first-order valence-corrected chi connectivity index (χ1v) is 8.16. The lowest BCUT2D eigenvalue weighted by Gasteiger charge is -2.07. The average molecular weight is 402 g/mol. The van der Waals surface area contributed by atoms with Crippen LogP contribution in [0.3, 0.4) is 0 Å². The van der Waals surface area contributed by atoms with Crippen LogP contribution in [0.15, 0.2) is 27.9 Å². The van der Waals surface area contributed by atoms with E-state index in [2.05, 4.69) is 35.8 Å². The molecule has 0 radical (unpaired) electrons. The Morgan fingerprint density at radius 3 is 2.79 bits per heavy atom. The summed E-state index contributed by atoms with van der Waals surface area (Å²) in [4.78, 5) is 12.5. The van der Waals surface area contributed by atoms with E-state index >= 15 is 0 Å². The number of hydrogen-bond donors (Lipinski definition) is 2. The normalized spacial score (nSPS) is 11.0. The SMILES string of the molecule is COCc1c(C(=O)N/N=C\c2cc(OC)ccc2OC)nnn1-c1nonc1N. The van der Waals surface area contributed by atoms with Crippen LogP contribution in [0.1, 0.15) is 21.7 Å². The molecule has 2 aromatic heterocycles. The van der Waals surface area contributed by atoms with Crippen molar-refractivity contribution in [2.24, 2.45) is 5.10 Å². The molecular formula is C16H18N8O5. The first-order valence-electron chi connectivity index (χ1n) is 8.16. The van der Waals surface area contributed by atoms with Crippen LogP contribution in [0.25, 0.3) is 5.82 Å². The number of rotatable bonds is 8. The van der Waals surface area contributed by atoms with Crippen molar-refractivity contribution in [1.82, 2.24) is 30.7 Å². The maximum atomic E-state index is 12.5. The van der Waals surface area contributed by atoms with Gasteiger partial charge in [-0.3, -0.25) is 4.79 Å². The summed E-state index contributed by atoms with van der Waals surface area (Å²) in [6.07, 6.45) is 1.42. The van der Waals surface area contributed by atoms with E-state index in [4.69, 9.17) is 19.9 Å². The molecule has 29 heavy (non-hydrogen) atoms. The quantitative estimate of drug-likeness (QED) is 0.391. The van der Waals surface area contributed by atoms with Crippen molar-refractivity contribution in [2.45, 2.75) is 6.61 Å². The fourth-order valence-corrected chi connectivity index (χ4v) is 2.41. The number of anilines is 1. The smallest absolute Gasteiger partial charge is 0.293 e. The van der Waals surface area contributed by atoms with Crippen LogP contribution in [0.4, 0.5) is 5.82 Å². The van der Waals surface area contributed by atoms with E-state index in [1.807, 2.05) is 0 Å². The highest BCUT2D eigenvalue weighted by molar-refractivity contribution is 5.94. The number of carbonyl (C=O) groups excluding carboxylic acids is 1. The van der Waals surface area contributed by atoms with Crippen molar-refractivity contribution < 1.29 is 23.6 Å². The molecule has 1 amide bonds. The lowest BCUT2D eigenvalue weighted by atomic mass is 10.2. The number of carbonyl (C=O) groups is 1. The van der Waals surface area contributed by atoms with Gasteiger partial charge in [0.2, 0.25) is 11.6 Å². The van der Waals surface area contributed by atoms with Gasteiger partial charge in [-0.1, -0.05) is 5.21 Å². The van der Waals surface area contributed by atoms with Gasteiger partial charge in [-0.2, -0.15) is 9.78 Å². The van der Waals surface area contributed by atoms with Gasteiger partial charge in [0.05, 0.1) is 27.0 Å². The Hall–Kier alpha value is -4.00. The molecule has 0 unspecified atom stereocenters. The molecule has 2 heterocycles. The van der Waals surface area contributed by atoms with Crippen LogP contribution >= 0.6 is 0 Å². The van der Waals surface area contributed by atoms with Crippen molar-refractivity contribution in [2.75, 3.05) is 27.1 Å². The van der Waals surface area contributed by atoms with E-state index in [0.29, 0.717) is 22.8 Å². The summed E-state index contributed by atoms with van der Waals surface area (Å²) in [6.45, 7) is 0.00940. The second-order valence-corrected chi connectivity index (χ2v) is 5.51. The zero-order valence-electron chi connectivity index (χ0n) is 15.8. The van der Waals surface area contributed by atoms with Gasteiger partial charge in [-0.25, -0.2) is 10.1 Å². The first kappa shape index (κ1) is 19.8. The molecule has 0 atom stereocenters. The predicted octanol–water partition coefficient (Wildman–Crippen LogP) is 0.160. The largest absolute Gasteiger partial charge is 0.497 e. The summed E-state index contributed by atoms with van der Waals surface area (Å²) < 4.78 is 21.3. The number of nitrogens with two attached hydrogens (primary N) is 1. The number of amides is 1. The fraction of sp³-hybridized carbons (Fsp3) is 0.250. The molecule has 0 saturated heterocycles. The molecule has 152 valence electrons. The van der Waals surface area contributed by atoms with E-state index in [9.17, 15) is 4.79 Å². The van der Waals surface area contributed by atoms with E-state index in [0.717, 1.165) is 0 Å². The summed E-state index contributed by atoms with van der Waals surface area (Å²) in [6, 6.07) is 5.18. The summed E-state index contributed by atoms with van der Waals surface area (Å²) in [7, 11) is 4.52. The third-order valence-electron chi connectivity index (χ3n) is 3.76. The summed E-state index contributed by atoms with van der Waals surface area (Å²) in [5, 5.41) is 18.8. The van der Waals surface area contributed by atoms with Gasteiger partial charge < -0.3 is 19.9 Å². The predicted molar refractivity (Wildman–Crippen MR) is 98.9 cm³/mol. The first-order chi connectivity index (χ1) is 14.1. The molecule has 0 bridgehead atoms. The number of benzene rings is 1. The molecule has 1 aromatic carbocycles. The molecule has 3 aromatic rings. The lowest BCUT2D eigenvalue weighted by molar-refractivity contribution is 0.0944. The second kappa shape index (κ2) is 8.79. The van der Waals surface area contributed by atoms with Crippen LogP contribution < -0.4 is 20.6 Å². The molecule has 13 nitrogen and oxygen atoms in total. The number of ether oxygens (including phenoxy) is 3. The molecule has 0 aliphatic rings. The number of hydrogen-bond acceptors (Lipinski definition) is 11. The van der Waals surface area contributed by atoms with Crippen molar-refractivity contribution in [3.05, 3.63) is 35.2 Å². The zero-order valence-corrected chi connectivity index (χ0v) is 15.8. The maximum absolute atomic E-state index is 12.5. The monoisotopic (exact) mass is 402 g/mol. The van der Waals surface area contributed by atoms with Crippen LogP contribution in [0, 0.1) is 0 Å². The van der Waals surface area contributed by atoms with E-state index in [1.54, 1.807) is 25.3 Å². The Balaban J connectivity index is 1.82. The number of aromatic nitrogens is 5. The Labute approximate surface area is 164 Å². The minimum absolute atomic E-state index is 0.00940. The average Bonchev–Trinajstić information content (AvgIpc) is 3.33. The van der Waals surface area contributed by atoms with E-state index in [-0.39, 0.29) is 23.9 Å². The molecular weight excluding hydrogens is 384 g/mol. The zero-order chi connectivity index (χ0) is 20.8. The topological polar surface area (TPSA) is 165 Å². The summed E-state index contributed by atoms with van der Waals surface area (Å²) in [5.74, 6) is 0.638. The van der Waals surface area contributed by atoms with Gasteiger partial charge in [-0.05, 0) is 28.5 Å². The lowest BCUT2D eigenvalue weighted by Crippen LogP contribution is -2.20. The summed E-state index contributed by atoms with van der Waals surface area (Å²) >= 11 is 0. The Bertz CT molecular complexity index is 1030. The molecule has 3 rings (SSSR count). The van der Waals surface area contributed by atoms with Gasteiger partial charge in [0.1, 0.15) is 17.2 Å².